The van der Waals surface area contributed by atoms with Crippen molar-refractivity contribution in [2.24, 2.45) is 0 Å². The molecule has 0 aliphatic carbocycles. The lowest BCUT2D eigenvalue weighted by atomic mass is 10.2. The topological polar surface area (TPSA) is 82.5 Å². The molecule has 0 radical (unpaired) electrons. The highest BCUT2D eigenvalue weighted by Crippen LogP contribution is 2.15. The van der Waals surface area contributed by atoms with Crippen LogP contribution in [0.25, 0.3) is 5.69 Å². The van der Waals surface area contributed by atoms with Crippen molar-refractivity contribution in [1.82, 2.24) is 15.1 Å². The highest BCUT2D eigenvalue weighted by molar-refractivity contribution is 5.94. The largest absolute Gasteiger partial charge is 0.497 e. The molecule has 0 atom stereocenters. The quantitative estimate of drug-likeness (QED) is 0.706. The van der Waals surface area contributed by atoms with Crippen LogP contribution < -0.4 is 20.3 Å². The molecule has 0 fully saturated rings. The number of amides is 1. The number of rotatable bonds is 6. The summed E-state index contributed by atoms with van der Waals surface area (Å²) < 4.78 is 24.4. The SMILES string of the molecule is COc1ccc(CNC(=O)c2nn(-c3ccc(F)cc3)c(=O)cc2OC)cc1. The molecule has 0 unspecified atom stereocenters. The first-order valence-electron chi connectivity index (χ1n) is 8.37. The molecule has 0 aliphatic rings. The Labute approximate surface area is 160 Å². The summed E-state index contributed by atoms with van der Waals surface area (Å²) in [6.07, 6.45) is 0. The Morgan fingerprint density at radius 2 is 1.75 bits per heavy atom. The summed E-state index contributed by atoms with van der Waals surface area (Å²) in [5.41, 5.74) is 0.633. The lowest BCUT2D eigenvalue weighted by Crippen LogP contribution is -2.29. The van der Waals surface area contributed by atoms with Crippen LogP contribution in [0.2, 0.25) is 0 Å². The van der Waals surface area contributed by atoms with Crippen LogP contribution in [0.4, 0.5) is 4.39 Å². The Kier molecular flexibility index (Phi) is 5.69. The Morgan fingerprint density at radius 1 is 1.07 bits per heavy atom. The number of nitrogens with one attached hydrogen (secondary N) is 1. The molecule has 1 N–H and O–H groups in total. The van der Waals surface area contributed by atoms with E-state index in [9.17, 15) is 14.0 Å². The Morgan fingerprint density at radius 3 is 2.36 bits per heavy atom. The van der Waals surface area contributed by atoms with Crippen LogP contribution in [0.15, 0.2) is 59.4 Å². The number of carbonyl (C=O) groups is 1. The predicted octanol–water partition coefficient (Wildman–Crippen LogP) is 2.32. The lowest BCUT2D eigenvalue weighted by Gasteiger charge is -2.11. The molecular formula is C20H18FN3O4. The van der Waals surface area contributed by atoms with Crippen LogP contribution >= 0.6 is 0 Å². The van der Waals surface area contributed by atoms with Gasteiger partial charge in [0.1, 0.15) is 11.6 Å². The summed E-state index contributed by atoms with van der Waals surface area (Å²) in [6, 6.07) is 13.6. The van der Waals surface area contributed by atoms with Gasteiger partial charge in [0, 0.05) is 6.54 Å². The number of methoxy groups -OCH3 is 2. The van der Waals surface area contributed by atoms with Crippen molar-refractivity contribution >= 4 is 5.91 Å². The molecule has 0 aliphatic heterocycles. The minimum atomic E-state index is -0.511. The molecule has 0 saturated heterocycles. The fraction of sp³-hybridized carbons (Fsp3) is 0.150. The van der Waals surface area contributed by atoms with Gasteiger partial charge in [0.05, 0.1) is 26.0 Å². The minimum absolute atomic E-state index is 0.0515. The maximum Gasteiger partial charge on any atom is 0.275 e. The van der Waals surface area contributed by atoms with E-state index in [2.05, 4.69) is 10.4 Å². The number of hydrogen-bond acceptors (Lipinski definition) is 5. The van der Waals surface area contributed by atoms with Crippen molar-refractivity contribution in [2.75, 3.05) is 14.2 Å². The van der Waals surface area contributed by atoms with Crippen LogP contribution in [0.1, 0.15) is 16.1 Å². The first-order chi connectivity index (χ1) is 13.5. The Hall–Kier alpha value is -3.68. The van der Waals surface area contributed by atoms with E-state index in [0.717, 1.165) is 10.2 Å². The van der Waals surface area contributed by atoms with Gasteiger partial charge < -0.3 is 14.8 Å². The molecule has 144 valence electrons. The average Bonchev–Trinajstić information content (AvgIpc) is 2.72. The van der Waals surface area contributed by atoms with Crippen LogP contribution in [0.5, 0.6) is 11.5 Å². The number of carbonyl (C=O) groups excluding carboxylic acids is 1. The number of benzene rings is 2. The summed E-state index contributed by atoms with van der Waals surface area (Å²) >= 11 is 0. The maximum atomic E-state index is 13.1. The normalized spacial score (nSPS) is 10.4. The van der Waals surface area contributed by atoms with Gasteiger partial charge in [-0.1, -0.05) is 12.1 Å². The fourth-order valence-corrected chi connectivity index (χ4v) is 2.53. The van der Waals surface area contributed by atoms with Gasteiger partial charge in [-0.15, -0.1) is 0 Å². The van der Waals surface area contributed by atoms with Gasteiger partial charge >= 0.3 is 0 Å². The summed E-state index contributed by atoms with van der Waals surface area (Å²) in [5, 5.41) is 6.84. The second-order valence-electron chi connectivity index (χ2n) is 5.82. The van der Waals surface area contributed by atoms with Crippen molar-refractivity contribution in [3.8, 4) is 17.2 Å². The summed E-state index contributed by atoms with van der Waals surface area (Å²) in [7, 11) is 2.92. The minimum Gasteiger partial charge on any atom is -0.497 e. The highest BCUT2D eigenvalue weighted by Gasteiger charge is 2.18. The zero-order valence-corrected chi connectivity index (χ0v) is 15.3. The van der Waals surface area contributed by atoms with Crippen LogP contribution in [0, 0.1) is 5.82 Å². The molecule has 1 heterocycles. The van der Waals surface area contributed by atoms with Crippen molar-refractivity contribution in [3.63, 3.8) is 0 Å². The number of hydrogen-bond donors (Lipinski definition) is 1. The second kappa shape index (κ2) is 8.34. The highest BCUT2D eigenvalue weighted by atomic mass is 19.1. The van der Waals surface area contributed by atoms with Crippen LogP contribution in [-0.2, 0) is 6.54 Å². The average molecular weight is 383 g/mol. The standard InChI is InChI=1S/C20H18FN3O4/c1-27-16-9-3-13(4-10-16)12-22-20(26)19-17(28-2)11-18(25)24(23-19)15-7-5-14(21)6-8-15/h3-11H,12H2,1-2H3,(H,22,26). The Bertz CT molecular complexity index is 1030. The molecule has 3 aromatic rings. The molecule has 0 spiro atoms. The Balaban J connectivity index is 1.86. The zero-order valence-electron chi connectivity index (χ0n) is 15.3. The lowest BCUT2D eigenvalue weighted by molar-refractivity contribution is 0.0940. The van der Waals surface area contributed by atoms with E-state index < -0.39 is 17.3 Å². The van der Waals surface area contributed by atoms with Gasteiger partial charge in [-0.2, -0.15) is 9.78 Å². The van der Waals surface area contributed by atoms with Gasteiger partial charge in [0.2, 0.25) is 0 Å². The van der Waals surface area contributed by atoms with Crippen molar-refractivity contribution in [2.45, 2.75) is 6.54 Å². The van der Waals surface area contributed by atoms with E-state index in [1.807, 2.05) is 12.1 Å². The molecule has 2 aromatic carbocycles. The molecule has 3 rings (SSSR count). The number of aromatic nitrogens is 2. The zero-order chi connectivity index (χ0) is 20.1. The third kappa shape index (κ3) is 4.17. The van der Waals surface area contributed by atoms with E-state index in [-0.39, 0.29) is 18.0 Å². The molecule has 0 bridgehead atoms. The second-order valence-corrected chi connectivity index (χ2v) is 5.82. The van der Waals surface area contributed by atoms with Gasteiger partial charge in [-0.3, -0.25) is 9.59 Å². The molecule has 8 heteroatoms. The van der Waals surface area contributed by atoms with Crippen LogP contribution in [-0.4, -0.2) is 29.9 Å². The van der Waals surface area contributed by atoms with E-state index in [1.165, 1.54) is 37.4 Å². The van der Waals surface area contributed by atoms with E-state index >= 15 is 0 Å². The molecule has 28 heavy (non-hydrogen) atoms. The predicted molar refractivity (Wildman–Crippen MR) is 101 cm³/mol. The molecule has 0 saturated carbocycles. The van der Waals surface area contributed by atoms with E-state index in [1.54, 1.807) is 19.2 Å². The molecular weight excluding hydrogens is 365 g/mol. The number of halogens is 1. The summed E-state index contributed by atoms with van der Waals surface area (Å²) in [4.78, 5) is 24.9. The van der Waals surface area contributed by atoms with Gasteiger partial charge in [-0.25, -0.2) is 4.39 Å². The monoisotopic (exact) mass is 383 g/mol. The van der Waals surface area contributed by atoms with Gasteiger partial charge in [-0.05, 0) is 42.0 Å². The third-order valence-corrected chi connectivity index (χ3v) is 4.02. The number of nitrogens with zero attached hydrogens (tertiary/aromatic N) is 2. The summed E-state index contributed by atoms with van der Waals surface area (Å²) in [6.45, 7) is 0.253. The van der Waals surface area contributed by atoms with Crippen LogP contribution in [0.3, 0.4) is 0 Å². The smallest absolute Gasteiger partial charge is 0.275 e. The fourth-order valence-electron chi connectivity index (χ4n) is 2.53. The third-order valence-electron chi connectivity index (χ3n) is 4.02. The van der Waals surface area contributed by atoms with Gasteiger partial charge in [0.15, 0.2) is 11.4 Å². The first kappa shape index (κ1) is 19.1. The maximum absolute atomic E-state index is 13.1. The molecule has 7 nitrogen and oxygen atoms in total. The molecule has 1 aromatic heterocycles. The van der Waals surface area contributed by atoms with Crippen molar-refractivity contribution < 1.29 is 18.7 Å². The van der Waals surface area contributed by atoms with Crippen molar-refractivity contribution in [3.05, 3.63) is 82.0 Å². The van der Waals surface area contributed by atoms with E-state index in [4.69, 9.17) is 9.47 Å². The molecule has 1 amide bonds. The number of ether oxygens (including phenoxy) is 2. The van der Waals surface area contributed by atoms with E-state index in [0.29, 0.717) is 11.4 Å². The van der Waals surface area contributed by atoms with Gasteiger partial charge in [0.25, 0.3) is 11.5 Å². The first-order valence-corrected chi connectivity index (χ1v) is 8.37. The summed E-state index contributed by atoms with van der Waals surface area (Å²) in [5.74, 6) is -0.188. The van der Waals surface area contributed by atoms with Crippen molar-refractivity contribution in [1.29, 1.82) is 0 Å².